The van der Waals surface area contributed by atoms with E-state index in [0.29, 0.717) is 0 Å². The van der Waals surface area contributed by atoms with Crippen LogP contribution in [0, 0.1) is 0 Å². The highest BCUT2D eigenvalue weighted by Gasteiger charge is 1.96. The molecule has 1 heterocycles. The lowest BCUT2D eigenvalue weighted by Crippen LogP contribution is -3.00. The quantitative estimate of drug-likeness (QED) is 0.552. The van der Waals surface area contributed by atoms with Crippen LogP contribution in [0.4, 0.5) is 0 Å². The highest BCUT2D eigenvalue weighted by Crippen LogP contribution is 2.11. The van der Waals surface area contributed by atoms with Crippen molar-refractivity contribution in [3.05, 3.63) is 30.1 Å². The third-order valence-corrected chi connectivity index (χ3v) is 3.59. The molecule has 0 saturated carbocycles. The third kappa shape index (κ3) is 11.2. The van der Waals surface area contributed by atoms with Crippen molar-refractivity contribution in [2.24, 2.45) is 0 Å². The molecule has 110 valence electrons. The van der Waals surface area contributed by atoms with Crippen molar-refractivity contribution < 1.29 is 22.0 Å². The molecule has 0 aliphatic heterocycles. The molecule has 0 radical (unpaired) electrons. The Hall–Kier alpha value is -0.370. The summed E-state index contributed by atoms with van der Waals surface area (Å²) in [5.41, 5.74) is 1.44. The second-order valence-corrected chi connectivity index (χ2v) is 5.34. The van der Waals surface area contributed by atoms with Gasteiger partial charge in [0.2, 0.25) is 0 Å². The predicted octanol–water partition coefficient (Wildman–Crippen LogP) is 1.97. The molecule has 0 aliphatic carbocycles. The second-order valence-electron chi connectivity index (χ2n) is 5.34. The first-order valence-electron chi connectivity index (χ1n) is 7.88. The van der Waals surface area contributed by atoms with E-state index in [1.165, 1.54) is 76.2 Å². The molecule has 19 heavy (non-hydrogen) atoms. The van der Waals surface area contributed by atoms with Crippen LogP contribution in [0.1, 0.15) is 76.7 Å². The molecule has 2 heteroatoms. The van der Waals surface area contributed by atoms with Crippen LogP contribution in [0.2, 0.25) is 0 Å². The molecule has 1 aromatic heterocycles. The molecule has 1 N–H and O–H groups in total. The Morgan fingerprint density at radius 2 is 1.42 bits per heavy atom. The summed E-state index contributed by atoms with van der Waals surface area (Å²) < 4.78 is 0. The zero-order valence-electron chi connectivity index (χ0n) is 12.5. The highest BCUT2D eigenvalue weighted by atomic mass is 79.9. The second kappa shape index (κ2) is 14.0. The number of nitrogens with one attached hydrogen (secondary N) is 1. The first-order valence-corrected chi connectivity index (χ1v) is 7.88. The molecule has 0 atom stereocenters. The van der Waals surface area contributed by atoms with Gasteiger partial charge in [-0.1, -0.05) is 64.7 Å². The Morgan fingerprint density at radius 1 is 0.842 bits per heavy atom. The van der Waals surface area contributed by atoms with Gasteiger partial charge in [0.15, 0.2) is 12.4 Å². The van der Waals surface area contributed by atoms with Crippen molar-refractivity contribution in [1.82, 2.24) is 0 Å². The van der Waals surface area contributed by atoms with E-state index >= 15 is 0 Å². The molecule has 0 spiro atoms. The molecule has 0 fully saturated rings. The molecule has 1 rings (SSSR count). The van der Waals surface area contributed by atoms with Crippen LogP contribution in [-0.4, -0.2) is 0 Å². The van der Waals surface area contributed by atoms with Gasteiger partial charge < -0.3 is 17.0 Å². The maximum absolute atomic E-state index is 3.15. The summed E-state index contributed by atoms with van der Waals surface area (Å²) in [6.45, 7) is 2.28. The number of halogens is 1. The third-order valence-electron chi connectivity index (χ3n) is 3.59. The zero-order valence-corrected chi connectivity index (χ0v) is 14.1. The summed E-state index contributed by atoms with van der Waals surface area (Å²) in [5.74, 6) is 0. The van der Waals surface area contributed by atoms with Crippen molar-refractivity contribution in [2.45, 2.75) is 77.6 Å². The summed E-state index contributed by atoms with van der Waals surface area (Å²) in [4.78, 5) is 3.15. The van der Waals surface area contributed by atoms with Gasteiger partial charge in [0.05, 0.1) is 0 Å². The highest BCUT2D eigenvalue weighted by molar-refractivity contribution is 5.04. The van der Waals surface area contributed by atoms with Crippen LogP contribution >= 0.6 is 0 Å². The van der Waals surface area contributed by atoms with E-state index in [2.05, 4.69) is 30.2 Å². The lowest BCUT2D eigenvalue weighted by atomic mass is 10.0. The van der Waals surface area contributed by atoms with Gasteiger partial charge in [-0.15, -0.1) is 0 Å². The largest absolute Gasteiger partial charge is 1.00 e. The topological polar surface area (TPSA) is 14.1 Å². The van der Waals surface area contributed by atoms with Crippen molar-refractivity contribution in [1.29, 1.82) is 0 Å². The molecule has 0 bridgehead atoms. The fourth-order valence-electron chi connectivity index (χ4n) is 2.40. The number of H-pyrrole nitrogens is 1. The number of hydrogen-bond acceptors (Lipinski definition) is 0. The Labute approximate surface area is 130 Å². The summed E-state index contributed by atoms with van der Waals surface area (Å²) in [6, 6.07) is 4.30. The molecule has 0 unspecified atom stereocenters. The number of hydrogen-bond donors (Lipinski definition) is 0. The van der Waals surface area contributed by atoms with Gasteiger partial charge in [-0.25, -0.2) is 4.98 Å². The lowest BCUT2D eigenvalue weighted by molar-refractivity contribution is -0.378. The Balaban J connectivity index is 0.00000324. The Kier molecular flexibility index (Phi) is 13.8. The fraction of sp³-hybridized carbons (Fsp3) is 0.706. The molecule has 0 amide bonds. The van der Waals surface area contributed by atoms with Gasteiger partial charge in [0.25, 0.3) is 0 Å². The number of rotatable bonds is 11. The van der Waals surface area contributed by atoms with Gasteiger partial charge in [-0.3, -0.25) is 0 Å². The number of pyridine rings is 1. The minimum Gasteiger partial charge on any atom is -1.00 e. The molecule has 1 nitrogen and oxygen atoms in total. The first-order chi connectivity index (χ1) is 8.93. The minimum atomic E-state index is 0. The zero-order chi connectivity index (χ0) is 12.9. The van der Waals surface area contributed by atoms with Crippen molar-refractivity contribution in [2.75, 3.05) is 0 Å². The lowest BCUT2D eigenvalue weighted by Gasteiger charge is -2.02. The van der Waals surface area contributed by atoms with E-state index in [1.54, 1.807) is 0 Å². The Bertz CT molecular complexity index is 274. The standard InChI is InChI=1S/C17H29N.BrH/c1-2-3-4-5-6-7-8-9-10-11-13-17-14-12-15-18-16-17;/h12,14-16H,2-11,13H2,1H3;1H. The van der Waals surface area contributed by atoms with Gasteiger partial charge in [-0.2, -0.15) is 0 Å². The number of unbranched alkanes of at least 4 members (excludes halogenated alkanes) is 9. The number of aryl methyl sites for hydroxylation is 1. The number of aromatic amines is 1. The van der Waals surface area contributed by atoms with Gasteiger partial charge in [0, 0.05) is 11.6 Å². The molecule has 0 saturated heterocycles. The maximum Gasteiger partial charge on any atom is 0.170 e. The Morgan fingerprint density at radius 3 is 1.95 bits per heavy atom. The molecule has 1 aromatic rings. The molecule has 0 aromatic carbocycles. The monoisotopic (exact) mass is 327 g/mol. The van der Waals surface area contributed by atoms with Gasteiger partial charge >= 0.3 is 0 Å². The van der Waals surface area contributed by atoms with E-state index in [1.807, 2.05) is 6.20 Å². The smallest absolute Gasteiger partial charge is 0.170 e. The minimum absolute atomic E-state index is 0. The van der Waals surface area contributed by atoms with Crippen LogP contribution in [0.25, 0.3) is 0 Å². The summed E-state index contributed by atoms with van der Waals surface area (Å²) in [5, 5.41) is 0. The van der Waals surface area contributed by atoms with Crippen LogP contribution < -0.4 is 22.0 Å². The molecule has 0 aliphatic rings. The van der Waals surface area contributed by atoms with Gasteiger partial charge in [-0.05, 0) is 18.9 Å². The normalized spacial score (nSPS) is 10.2. The van der Waals surface area contributed by atoms with Crippen LogP contribution in [-0.2, 0) is 6.42 Å². The average Bonchev–Trinajstić information content (AvgIpc) is 2.42. The summed E-state index contributed by atoms with van der Waals surface area (Å²) >= 11 is 0. The summed E-state index contributed by atoms with van der Waals surface area (Å²) in [7, 11) is 0. The van der Waals surface area contributed by atoms with E-state index in [4.69, 9.17) is 0 Å². The van der Waals surface area contributed by atoms with E-state index in [0.717, 1.165) is 0 Å². The fourth-order valence-corrected chi connectivity index (χ4v) is 2.40. The van der Waals surface area contributed by atoms with Crippen molar-refractivity contribution in [3.63, 3.8) is 0 Å². The van der Waals surface area contributed by atoms with Gasteiger partial charge in [0.1, 0.15) is 0 Å². The van der Waals surface area contributed by atoms with Crippen LogP contribution in [0.3, 0.4) is 0 Å². The van der Waals surface area contributed by atoms with Crippen LogP contribution in [0.15, 0.2) is 24.5 Å². The molecular formula is C17H30BrN. The first kappa shape index (κ1) is 18.6. The van der Waals surface area contributed by atoms with Crippen molar-refractivity contribution >= 4 is 0 Å². The van der Waals surface area contributed by atoms with E-state index in [9.17, 15) is 0 Å². The molecular weight excluding hydrogens is 298 g/mol. The number of aromatic nitrogens is 1. The van der Waals surface area contributed by atoms with E-state index in [-0.39, 0.29) is 17.0 Å². The summed E-state index contributed by atoms with van der Waals surface area (Å²) in [6.07, 6.45) is 19.5. The van der Waals surface area contributed by atoms with Crippen LogP contribution in [0.5, 0.6) is 0 Å². The van der Waals surface area contributed by atoms with E-state index < -0.39 is 0 Å². The van der Waals surface area contributed by atoms with Crippen molar-refractivity contribution in [3.8, 4) is 0 Å². The SMILES string of the molecule is CCCCCCCCCCCCc1ccc[nH+]c1.[Br-]. The maximum atomic E-state index is 3.15. The average molecular weight is 328 g/mol. The predicted molar refractivity (Wildman–Crippen MR) is 78.5 cm³/mol.